The fourth-order valence-electron chi connectivity index (χ4n) is 1.38. The first-order valence-corrected chi connectivity index (χ1v) is 5.96. The van der Waals surface area contributed by atoms with E-state index < -0.39 is 11.1 Å². The molecule has 0 saturated heterocycles. The van der Waals surface area contributed by atoms with Crippen molar-refractivity contribution >= 4 is 16.8 Å². The SMILES string of the molecule is Nc1cccc(Oc2ccccc2S(=O)[O-])c1. The Bertz CT molecular complexity index is 557. The second kappa shape index (κ2) is 4.99. The highest BCUT2D eigenvalue weighted by Gasteiger charge is 2.04. The van der Waals surface area contributed by atoms with Gasteiger partial charge in [0.05, 0.1) is 4.90 Å². The van der Waals surface area contributed by atoms with E-state index in [1.165, 1.54) is 6.07 Å². The second-order valence-corrected chi connectivity index (χ2v) is 4.27. The third-order valence-electron chi connectivity index (χ3n) is 2.11. The largest absolute Gasteiger partial charge is 0.768 e. The van der Waals surface area contributed by atoms with Crippen LogP contribution in [0.4, 0.5) is 5.69 Å². The number of ether oxygens (including phenoxy) is 1. The molecule has 2 aromatic carbocycles. The van der Waals surface area contributed by atoms with Gasteiger partial charge in [0, 0.05) is 11.8 Å². The van der Waals surface area contributed by atoms with E-state index in [2.05, 4.69) is 0 Å². The molecule has 0 radical (unpaired) electrons. The van der Waals surface area contributed by atoms with E-state index >= 15 is 0 Å². The van der Waals surface area contributed by atoms with Crippen LogP contribution in [0.5, 0.6) is 11.5 Å². The first-order chi connectivity index (χ1) is 8.16. The van der Waals surface area contributed by atoms with Gasteiger partial charge in [-0.15, -0.1) is 0 Å². The monoisotopic (exact) mass is 248 g/mol. The molecule has 0 amide bonds. The lowest BCUT2D eigenvalue weighted by Gasteiger charge is -2.12. The maximum atomic E-state index is 11.0. The summed E-state index contributed by atoms with van der Waals surface area (Å²) < 4.78 is 27.4. The molecular formula is C12H10NO3S-. The first-order valence-electron chi connectivity index (χ1n) is 4.88. The number of para-hydroxylation sites is 1. The van der Waals surface area contributed by atoms with Crippen LogP contribution in [0.15, 0.2) is 53.4 Å². The van der Waals surface area contributed by atoms with Crippen LogP contribution in [0.3, 0.4) is 0 Å². The summed E-state index contributed by atoms with van der Waals surface area (Å²) in [5.41, 5.74) is 6.17. The predicted molar refractivity (Wildman–Crippen MR) is 64.6 cm³/mol. The molecule has 0 aliphatic carbocycles. The average molecular weight is 248 g/mol. The minimum absolute atomic E-state index is 0.120. The van der Waals surface area contributed by atoms with E-state index in [1.54, 1.807) is 42.5 Å². The summed E-state index contributed by atoms with van der Waals surface area (Å²) in [5.74, 6) is 0.786. The molecule has 2 N–H and O–H groups in total. The number of rotatable bonds is 3. The number of benzene rings is 2. The van der Waals surface area contributed by atoms with Crippen molar-refractivity contribution in [3.05, 3.63) is 48.5 Å². The number of nitrogen functional groups attached to an aromatic ring is 1. The second-order valence-electron chi connectivity index (χ2n) is 3.36. The van der Waals surface area contributed by atoms with Crippen LogP contribution >= 0.6 is 0 Å². The molecule has 2 rings (SSSR count). The van der Waals surface area contributed by atoms with Crippen LogP contribution < -0.4 is 10.5 Å². The summed E-state index contributed by atoms with van der Waals surface area (Å²) in [5, 5.41) is 0. The third kappa shape index (κ3) is 2.83. The minimum Gasteiger partial charge on any atom is -0.768 e. The molecule has 0 spiro atoms. The standard InChI is InChI=1S/C12H11NO3S/c13-9-4-3-5-10(8-9)16-11-6-1-2-7-12(11)17(14)15/h1-8H,13H2,(H,14,15)/p-1. The fraction of sp³-hybridized carbons (Fsp3) is 0. The quantitative estimate of drug-likeness (QED) is 0.668. The maximum Gasteiger partial charge on any atom is 0.142 e. The zero-order valence-corrected chi connectivity index (χ0v) is 9.65. The number of nitrogens with two attached hydrogens (primary N) is 1. The van der Waals surface area contributed by atoms with Gasteiger partial charge in [0.15, 0.2) is 0 Å². The highest BCUT2D eigenvalue weighted by molar-refractivity contribution is 7.79. The normalized spacial score (nSPS) is 12.1. The summed E-state index contributed by atoms with van der Waals surface area (Å²) in [6.07, 6.45) is 0. The van der Waals surface area contributed by atoms with E-state index in [4.69, 9.17) is 10.5 Å². The zero-order chi connectivity index (χ0) is 12.3. The molecular weight excluding hydrogens is 238 g/mol. The van der Waals surface area contributed by atoms with Crippen LogP contribution in [0, 0.1) is 0 Å². The van der Waals surface area contributed by atoms with E-state index in [0.29, 0.717) is 11.4 Å². The summed E-state index contributed by atoms with van der Waals surface area (Å²) in [6, 6.07) is 13.2. The Labute approximate surface area is 101 Å². The summed E-state index contributed by atoms with van der Waals surface area (Å²) in [6.45, 7) is 0. The van der Waals surface area contributed by atoms with Gasteiger partial charge in [-0.05, 0) is 35.3 Å². The van der Waals surface area contributed by atoms with E-state index in [9.17, 15) is 8.76 Å². The maximum absolute atomic E-state index is 11.0. The van der Waals surface area contributed by atoms with Crippen LogP contribution in [0.2, 0.25) is 0 Å². The Morgan fingerprint density at radius 2 is 1.88 bits per heavy atom. The molecule has 0 fully saturated rings. The van der Waals surface area contributed by atoms with Gasteiger partial charge in [-0.3, -0.25) is 4.21 Å². The fourth-order valence-corrected chi connectivity index (χ4v) is 1.84. The molecule has 5 heteroatoms. The molecule has 0 aliphatic heterocycles. The number of hydrogen-bond donors (Lipinski definition) is 1. The lowest BCUT2D eigenvalue weighted by Crippen LogP contribution is -1.94. The van der Waals surface area contributed by atoms with Crippen molar-refractivity contribution < 1.29 is 13.5 Å². The van der Waals surface area contributed by atoms with Crippen molar-refractivity contribution in [2.24, 2.45) is 0 Å². The highest BCUT2D eigenvalue weighted by Crippen LogP contribution is 2.27. The molecule has 0 aromatic heterocycles. The average Bonchev–Trinajstić information content (AvgIpc) is 2.29. The highest BCUT2D eigenvalue weighted by atomic mass is 32.2. The number of anilines is 1. The number of hydrogen-bond acceptors (Lipinski definition) is 4. The molecule has 2 aromatic rings. The van der Waals surface area contributed by atoms with Gasteiger partial charge in [-0.2, -0.15) is 0 Å². The third-order valence-corrected chi connectivity index (χ3v) is 2.81. The predicted octanol–water partition coefficient (Wildman–Crippen LogP) is 2.30. The Morgan fingerprint density at radius 3 is 2.59 bits per heavy atom. The topological polar surface area (TPSA) is 75.4 Å². The summed E-state index contributed by atoms with van der Waals surface area (Å²) in [7, 11) is 0. The Balaban J connectivity index is 2.33. The summed E-state index contributed by atoms with van der Waals surface area (Å²) in [4.78, 5) is 0.120. The smallest absolute Gasteiger partial charge is 0.142 e. The van der Waals surface area contributed by atoms with Gasteiger partial charge < -0.3 is 15.0 Å². The zero-order valence-electron chi connectivity index (χ0n) is 8.83. The van der Waals surface area contributed by atoms with Crippen LogP contribution in [0.1, 0.15) is 0 Å². The van der Waals surface area contributed by atoms with Crippen LogP contribution in [0.25, 0.3) is 0 Å². The first kappa shape index (κ1) is 11.6. The van der Waals surface area contributed by atoms with Gasteiger partial charge in [0.25, 0.3) is 0 Å². The molecule has 0 aliphatic rings. The Hall–Kier alpha value is -1.85. The molecule has 0 heterocycles. The van der Waals surface area contributed by atoms with Gasteiger partial charge >= 0.3 is 0 Å². The van der Waals surface area contributed by atoms with Crippen molar-refractivity contribution in [2.45, 2.75) is 4.90 Å². The van der Waals surface area contributed by atoms with Crippen molar-refractivity contribution in [3.63, 3.8) is 0 Å². The van der Waals surface area contributed by atoms with Crippen molar-refractivity contribution in [1.82, 2.24) is 0 Å². The lowest BCUT2D eigenvalue weighted by atomic mass is 10.3. The van der Waals surface area contributed by atoms with Gasteiger partial charge in [-0.1, -0.05) is 18.2 Å². The van der Waals surface area contributed by atoms with Crippen molar-refractivity contribution in [2.75, 3.05) is 5.73 Å². The Morgan fingerprint density at radius 1 is 1.12 bits per heavy atom. The summed E-state index contributed by atoms with van der Waals surface area (Å²) >= 11 is -2.33. The molecule has 0 bridgehead atoms. The van der Waals surface area contributed by atoms with E-state index in [0.717, 1.165) is 0 Å². The molecule has 0 saturated carbocycles. The van der Waals surface area contributed by atoms with E-state index in [1.807, 2.05) is 0 Å². The van der Waals surface area contributed by atoms with Crippen molar-refractivity contribution in [1.29, 1.82) is 0 Å². The molecule has 4 nitrogen and oxygen atoms in total. The van der Waals surface area contributed by atoms with Crippen LogP contribution in [-0.4, -0.2) is 8.76 Å². The lowest BCUT2D eigenvalue weighted by molar-refractivity contribution is 0.464. The molecule has 1 atom stereocenters. The van der Waals surface area contributed by atoms with Gasteiger partial charge in [0.1, 0.15) is 11.5 Å². The minimum atomic E-state index is -2.33. The van der Waals surface area contributed by atoms with Crippen molar-refractivity contribution in [3.8, 4) is 11.5 Å². The Kier molecular flexibility index (Phi) is 3.41. The van der Waals surface area contributed by atoms with Crippen LogP contribution in [-0.2, 0) is 11.1 Å². The molecule has 17 heavy (non-hydrogen) atoms. The van der Waals surface area contributed by atoms with Gasteiger partial charge in [0.2, 0.25) is 0 Å². The molecule has 1 unspecified atom stereocenters. The van der Waals surface area contributed by atoms with E-state index in [-0.39, 0.29) is 10.6 Å². The molecule has 88 valence electrons. The van der Waals surface area contributed by atoms with Gasteiger partial charge in [-0.25, -0.2) is 0 Å².